The topological polar surface area (TPSA) is 33.1 Å². The Kier molecular flexibility index (Phi) is 1.67. The molecular weight excluding hydrogens is 174 g/mol. The lowest BCUT2D eigenvalue weighted by molar-refractivity contribution is 0.201. The molecule has 1 N–H and O–H groups in total. The SMILES string of the molecule is OC1(Cl)C=c2ncccc2=CC1. The molecule has 2 nitrogen and oxygen atoms in total. The lowest BCUT2D eigenvalue weighted by Crippen LogP contribution is -2.36. The molecule has 0 aromatic carbocycles. The van der Waals surface area contributed by atoms with E-state index in [4.69, 9.17) is 11.6 Å². The van der Waals surface area contributed by atoms with Crippen molar-refractivity contribution in [3.05, 3.63) is 28.9 Å². The summed E-state index contributed by atoms with van der Waals surface area (Å²) in [6, 6.07) is 3.81. The average Bonchev–Trinajstić information content (AvgIpc) is 2.02. The molecule has 1 aromatic heterocycles. The number of alkyl halides is 1. The number of aromatic nitrogens is 1. The molecule has 1 heterocycles. The number of nitrogens with zero attached hydrogens (tertiary/aromatic N) is 1. The van der Waals surface area contributed by atoms with E-state index in [0.29, 0.717) is 6.42 Å². The third-order valence-corrected chi connectivity index (χ3v) is 2.10. The molecule has 0 amide bonds. The monoisotopic (exact) mass is 181 g/mol. The van der Waals surface area contributed by atoms with E-state index in [1.807, 2.05) is 18.2 Å². The third kappa shape index (κ3) is 1.36. The maximum Gasteiger partial charge on any atom is 0.163 e. The Morgan fingerprint density at radius 3 is 3.25 bits per heavy atom. The minimum absolute atomic E-state index is 0.438. The van der Waals surface area contributed by atoms with Gasteiger partial charge in [0.25, 0.3) is 0 Å². The average molecular weight is 182 g/mol. The highest BCUT2D eigenvalue weighted by Gasteiger charge is 2.20. The number of rotatable bonds is 0. The Morgan fingerprint density at radius 2 is 2.42 bits per heavy atom. The number of pyridine rings is 1. The number of hydrogen-bond donors (Lipinski definition) is 1. The van der Waals surface area contributed by atoms with E-state index in [1.165, 1.54) is 0 Å². The standard InChI is InChI=1S/C9H8ClNO/c10-9(12)4-3-7-2-1-5-11-8(7)6-9/h1-3,5-6,12H,4H2. The van der Waals surface area contributed by atoms with Crippen molar-refractivity contribution >= 4 is 23.8 Å². The number of fused-ring (bicyclic) bond motifs is 1. The molecule has 1 aromatic rings. The van der Waals surface area contributed by atoms with Crippen molar-refractivity contribution in [2.45, 2.75) is 11.5 Å². The zero-order valence-electron chi connectivity index (χ0n) is 6.37. The smallest absolute Gasteiger partial charge is 0.163 e. The van der Waals surface area contributed by atoms with Gasteiger partial charge in [-0.15, -0.1) is 0 Å². The summed E-state index contributed by atoms with van der Waals surface area (Å²) in [5.74, 6) is 0. The van der Waals surface area contributed by atoms with Crippen molar-refractivity contribution in [2.24, 2.45) is 0 Å². The van der Waals surface area contributed by atoms with Crippen LogP contribution in [0.5, 0.6) is 0 Å². The Labute approximate surface area is 74.8 Å². The maximum atomic E-state index is 9.46. The fourth-order valence-corrected chi connectivity index (χ4v) is 1.43. The first-order valence-corrected chi connectivity index (χ1v) is 4.11. The molecule has 0 saturated heterocycles. The molecule has 12 heavy (non-hydrogen) atoms. The van der Waals surface area contributed by atoms with Gasteiger partial charge in [0, 0.05) is 12.6 Å². The summed E-state index contributed by atoms with van der Waals surface area (Å²) in [6.07, 6.45) is 5.58. The van der Waals surface area contributed by atoms with E-state index in [9.17, 15) is 5.11 Å². The van der Waals surface area contributed by atoms with Gasteiger partial charge in [-0.1, -0.05) is 23.7 Å². The highest BCUT2D eigenvalue weighted by atomic mass is 35.5. The van der Waals surface area contributed by atoms with E-state index in [2.05, 4.69) is 4.98 Å². The highest BCUT2D eigenvalue weighted by Crippen LogP contribution is 2.18. The van der Waals surface area contributed by atoms with Crippen molar-refractivity contribution in [3.8, 4) is 0 Å². The Morgan fingerprint density at radius 1 is 1.58 bits per heavy atom. The van der Waals surface area contributed by atoms with Crippen LogP contribution in [-0.4, -0.2) is 15.2 Å². The Balaban J connectivity index is 2.72. The van der Waals surface area contributed by atoms with Gasteiger partial charge in [0.05, 0.1) is 5.35 Å². The van der Waals surface area contributed by atoms with E-state index < -0.39 is 5.06 Å². The molecular formula is C9H8ClNO. The van der Waals surface area contributed by atoms with Crippen LogP contribution >= 0.6 is 11.6 Å². The minimum Gasteiger partial charge on any atom is -0.371 e. The van der Waals surface area contributed by atoms with Crippen LogP contribution in [0.4, 0.5) is 0 Å². The molecule has 2 rings (SSSR count). The van der Waals surface area contributed by atoms with Gasteiger partial charge in [-0.3, -0.25) is 4.98 Å². The molecule has 3 heteroatoms. The summed E-state index contributed by atoms with van der Waals surface area (Å²) in [6.45, 7) is 0. The molecule has 62 valence electrons. The van der Waals surface area contributed by atoms with Gasteiger partial charge in [-0.25, -0.2) is 0 Å². The molecule has 0 bridgehead atoms. The van der Waals surface area contributed by atoms with Gasteiger partial charge in [-0.05, 0) is 17.4 Å². The molecule has 1 aliphatic carbocycles. The largest absolute Gasteiger partial charge is 0.371 e. The van der Waals surface area contributed by atoms with Crippen molar-refractivity contribution in [2.75, 3.05) is 0 Å². The van der Waals surface area contributed by atoms with Crippen LogP contribution in [0.3, 0.4) is 0 Å². The third-order valence-electron chi connectivity index (χ3n) is 1.84. The lowest BCUT2D eigenvalue weighted by Gasteiger charge is -2.15. The first-order valence-electron chi connectivity index (χ1n) is 3.73. The molecule has 1 unspecified atom stereocenters. The van der Waals surface area contributed by atoms with Crippen LogP contribution in [0.1, 0.15) is 6.42 Å². The van der Waals surface area contributed by atoms with Crippen LogP contribution in [0.15, 0.2) is 18.3 Å². The van der Waals surface area contributed by atoms with Crippen molar-refractivity contribution < 1.29 is 5.11 Å². The van der Waals surface area contributed by atoms with Crippen LogP contribution in [0.25, 0.3) is 12.2 Å². The molecule has 0 fully saturated rings. The van der Waals surface area contributed by atoms with E-state index >= 15 is 0 Å². The highest BCUT2D eigenvalue weighted by molar-refractivity contribution is 6.26. The van der Waals surface area contributed by atoms with Gasteiger partial charge in [-0.2, -0.15) is 0 Å². The molecule has 0 spiro atoms. The Bertz CT molecular complexity index is 411. The van der Waals surface area contributed by atoms with Crippen molar-refractivity contribution in [1.82, 2.24) is 4.98 Å². The molecule has 0 saturated carbocycles. The van der Waals surface area contributed by atoms with E-state index in [0.717, 1.165) is 10.6 Å². The summed E-state index contributed by atoms with van der Waals surface area (Å²) < 4.78 is 0. The normalized spacial score (nSPS) is 26.8. The minimum atomic E-state index is -1.25. The van der Waals surface area contributed by atoms with Gasteiger partial charge >= 0.3 is 0 Å². The Hall–Kier alpha value is -0.860. The first-order chi connectivity index (χ1) is 5.67. The van der Waals surface area contributed by atoms with Gasteiger partial charge in [0.2, 0.25) is 0 Å². The maximum absolute atomic E-state index is 9.46. The van der Waals surface area contributed by atoms with E-state index in [-0.39, 0.29) is 0 Å². The lowest BCUT2D eigenvalue weighted by atomic mass is 10.1. The van der Waals surface area contributed by atoms with Crippen molar-refractivity contribution in [3.63, 3.8) is 0 Å². The van der Waals surface area contributed by atoms with Crippen LogP contribution < -0.4 is 10.6 Å². The molecule has 1 aliphatic rings. The number of aliphatic hydroxyl groups is 1. The zero-order chi connectivity index (χ0) is 8.60. The predicted octanol–water partition coefficient (Wildman–Crippen LogP) is -0.0263. The predicted molar refractivity (Wildman–Crippen MR) is 47.8 cm³/mol. The summed E-state index contributed by atoms with van der Waals surface area (Å²) in [5, 5.41) is 9.99. The van der Waals surface area contributed by atoms with Crippen molar-refractivity contribution in [1.29, 1.82) is 0 Å². The van der Waals surface area contributed by atoms with E-state index in [1.54, 1.807) is 12.3 Å². The molecule has 0 aliphatic heterocycles. The molecule has 1 atom stereocenters. The summed E-state index contributed by atoms with van der Waals surface area (Å²) in [5.41, 5.74) is 0. The summed E-state index contributed by atoms with van der Waals surface area (Å²) in [4.78, 5) is 4.08. The second kappa shape index (κ2) is 2.57. The van der Waals surface area contributed by atoms with Crippen LogP contribution in [0, 0.1) is 0 Å². The summed E-state index contributed by atoms with van der Waals surface area (Å²) in [7, 11) is 0. The molecule has 0 radical (unpaired) electrons. The number of hydrogen-bond acceptors (Lipinski definition) is 2. The first kappa shape index (κ1) is 7.77. The van der Waals surface area contributed by atoms with Gasteiger partial charge < -0.3 is 5.11 Å². The van der Waals surface area contributed by atoms with Crippen LogP contribution in [-0.2, 0) is 0 Å². The number of halogens is 1. The van der Waals surface area contributed by atoms with Gasteiger partial charge in [0.15, 0.2) is 5.06 Å². The zero-order valence-corrected chi connectivity index (χ0v) is 7.12. The van der Waals surface area contributed by atoms with Gasteiger partial charge in [0.1, 0.15) is 0 Å². The quantitative estimate of drug-likeness (QED) is 0.571. The second-order valence-corrected chi connectivity index (χ2v) is 3.50. The fourth-order valence-electron chi connectivity index (χ4n) is 1.24. The second-order valence-electron chi connectivity index (χ2n) is 2.85. The summed E-state index contributed by atoms with van der Waals surface area (Å²) >= 11 is 5.73. The van der Waals surface area contributed by atoms with Crippen LogP contribution in [0.2, 0.25) is 0 Å². The fraction of sp³-hybridized carbons (Fsp3) is 0.222.